The van der Waals surface area contributed by atoms with Crippen molar-refractivity contribution in [1.82, 2.24) is 4.98 Å². The number of sulfonamides is 1. The van der Waals surface area contributed by atoms with Crippen LogP contribution in [-0.2, 0) is 10.0 Å². The second-order valence-electron chi connectivity index (χ2n) is 5.72. The van der Waals surface area contributed by atoms with Crippen molar-refractivity contribution >= 4 is 21.5 Å². The predicted molar refractivity (Wildman–Crippen MR) is 96.0 cm³/mol. The van der Waals surface area contributed by atoms with Crippen LogP contribution >= 0.6 is 0 Å². The van der Waals surface area contributed by atoms with Crippen molar-refractivity contribution in [2.75, 3.05) is 23.2 Å². The average molecular weight is 349 g/mol. The molecule has 2 N–H and O–H groups in total. The number of nitrogens with one attached hydrogen (secondary N) is 2. The average Bonchev–Trinajstić information content (AvgIpc) is 2.55. The molecule has 0 aliphatic rings. The quantitative estimate of drug-likeness (QED) is 0.764. The van der Waals surface area contributed by atoms with Gasteiger partial charge in [-0.2, -0.15) is 0 Å². The van der Waals surface area contributed by atoms with E-state index in [9.17, 15) is 8.42 Å². The summed E-state index contributed by atoms with van der Waals surface area (Å²) in [5.41, 5.74) is 0.854. The summed E-state index contributed by atoms with van der Waals surface area (Å²) in [5, 5.41) is 3.23. The highest BCUT2D eigenvalue weighted by molar-refractivity contribution is 7.92. The molecule has 0 bridgehead atoms. The molecule has 6 nitrogen and oxygen atoms in total. The molecule has 0 saturated heterocycles. The van der Waals surface area contributed by atoms with Crippen molar-refractivity contribution in [3.8, 4) is 5.75 Å². The maximum atomic E-state index is 12.4. The Hall–Kier alpha value is -2.28. The molecule has 0 spiro atoms. The molecule has 24 heavy (non-hydrogen) atoms. The van der Waals surface area contributed by atoms with Crippen LogP contribution in [0.3, 0.4) is 0 Å². The first kappa shape index (κ1) is 18.1. The number of nitrogens with zero attached hydrogens (tertiary/aromatic N) is 1. The van der Waals surface area contributed by atoms with E-state index >= 15 is 0 Å². The third kappa shape index (κ3) is 5.13. The zero-order valence-electron chi connectivity index (χ0n) is 14.1. The topological polar surface area (TPSA) is 80.3 Å². The third-order valence-corrected chi connectivity index (χ3v) is 4.53. The van der Waals surface area contributed by atoms with Gasteiger partial charge in [0.15, 0.2) is 0 Å². The summed E-state index contributed by atoms with van der Waals surface area (Å²) in [6.45, 7) is 7.46. The molecule has 0 fully saturated rings. The highest BCUT2D eigenvalue weighted by atomic mass is 32.2. The van der Waals surface area contributed by atoms with Crippen LogP contribution in [0.1, 0.15) is 20.8 Å². The Morgan fingerprint density at radius 2 is 1.83 bits per heavy atom. The molecule has 0 aliphatic carbocycles. The van der Waals surface area contributed by atoms with Crippen molar-refractivity contribution < 1.29 is 13.2 Å². The van der Waals surface area contributed by atoms with Gasteiger partial charge in [-0.15, -0.1) is 0 Å². The van der Waals surface area contributed by atoms with Crippen LogP contribution in [0.15, 0.2) is 47.5 Å². The van der Waals surface area contributed by atoms with E-state index in [1.165, 1.54) is 12.1 Å². The fourth-order valence-corrected chi connectivity index (χ4v) is 2.97. The van der Waals surface area contributed by atoms with Gasteiger partial charge in [0.1, 0.15) is 11.6 Å². The first-order valence-electron chi connectivity index (χ1n) is 7.86. The molecular formula is C17H23N3O3S. The number of rotatable bonds is 8. The van der Waals surface area contributed by atoms with Gasteiger partial charge in [0.25, 0.3) is 10.0 Å². The van der Waals surface area contributed by atoms with Gasteiger partial charge in [-0.1, -0.05) is 13.8 Å². The minimum Gasteiger partial charge on any atom is -0.494 e. The normalized spacial score (nSPS) is 11.3. The smallest absolute Gasteiger partial charge is 0.263 e. The van der Waals surface area contributed by atoms with Gasteiger partial charge in [-0.05, 0) is 49.2 Å². The number of aromatic nitrogens is 1. The van der Waals surface area contributed by atoms with E-state index in [1.54, 1.807) is 30.5 Å². The Balaban J connectivity index is 2.05. The highest BCUT2D eigenvalue weighted by Gasteiger charge is 2.14. The standard InChI is InChI=1S/C17H23N3O3S/c1-4-23-15-6-8-16(9-7-15)24(21,22)20-17-10-5-14(12-19-17)18-11-13(2)3/h5-10,12-13,18H,4,11H2,1-3H3,(H,19,20). The Morgan fingerprint density at radius 3 is 2.38 bits per heavy atom. The van der Waals surface area contributed by atoms with Crippen molar-refractivity contribution in [3.05, 3.63) is 42.6 Å². The van der Waals surface area contributed by atoms with E-state index in [1.807, 2.05) is 6.92 Å². The van der Waals surface area contributed by atoms with Crippen molar-refractivity contribution in [1.29, 1.82) is 0 Å². The summed E-state index contributed by atoms with van der Waals surface area (Å²) in [7, 11) is -3.67. The van der Waals surface area contributed by atoms with Crippen LogP contribution in [0, 0.1) is 5.92 Å². The number of pyridine rings is 1. The van der Waals surface area contributed by atoms with E-state index in [4.69, 9.17) is 4.74 Å². The Kier molecular flexibility index (Phi) is 6.03. The van der Waals surface area contributed by atoms with Gasteiger partial charge in [0, 0.05) is 6.54 Å². The van der Waals surface area contributed by atoms with E-state index in [-0.39, 0.29) is 10.7 Å². The Bertz CT molecular complexity index is 742. The number of benzene rings is 1. The van der Waals surface area contributed by atoms with E-state index in [0.29, 0.717) is 18.3 Å². The monoisotopic (exact) mass is 349 g/mol. The van der Waals surface area contributed by atoms with Gasteiger partial charge >= 0.3 is 0 Å². The van der Waals surface area contributed by atoms with Crippen LogP contribution in [0.2, 0.25) is 0 Å². The number of anilines is 2. The molecule has 0 amide bonds. The largest absolute Gasteiger partial charge is 0.494 e. The zero-order valence-corrected chi connectivity index (χ0v) is 14.9. The van der Waals surface area contributed by atoms with Gasteiger partial charge in [-0.3, -0.25) is 4.72 Å². The summed E-state index contributed by atoms with van der Waals surface area (Å²) in [4.78, 5) is 4.30. The second-order valence-corrected chi connectivity index (χ2v) is 7.40. The molecule has 0 radical (unpaired) electrons. The maximum Gasteiger partial charge on any atom is 0.263 e. The third-order valence-electron chi connectivity index (χ3n) is 3.16. The Labute approximate surface area is 143 Å². The minimum absolute atomic E-state index is 0.162. The SMILES string of the molecule is CCOc1ccc(S(=O)(=O)Nc2ccc(NCC(C)C)cn2)cc1. The fourth-order valence-electron chi connectivity index (χ4n) is 1.96. The van der Waals surface area contributed by atoms with Gasteiger partial charge < -0.3 is 10.1 Å². The molecule has 0 saturated carbocycles. The summed E-state index contributed by atoms with van der Waals surface area (Å²) in [6, 6.07) is 9.70. The van der Waals surface area contributed by atoms with Crippen LogP contribution in [0.4, 0.5) is 11.5 Å². The molecular weight excluding hydrogens is 326 g/mol. The molecule has 0 atom stereocenters. The molecule has 2 aromatic rings. The number of ether oxygens (including phenoxy) is 1. The van der Waals surface area contributed by atoms with Crippen LogP contribution in [0.5, 0.6) is 5.75 Å². The molecule has 1 heterocycles. The summed E-state index contributed by atoms with van der Waals surface area (Å²) in [6.07, 6.45) is 1.61. The zero-order chi connectivity index (χ0) is 17.6. The molecule has 2 rings (SSSR count). The molecule has 1 aromatic heterocycles. The summed E-state index contributed by atoms with van der Waals surface area (Å²) >= 11 is 0. The van der Waals surface area contributed by atoms with E-state index in [0.717, 1.165) is 12.2 Å². The lowest BCUT2D eigenvalue weighted by Crippen LogP contribution is -2.14. The van der Waals surface area contributed by atoms with Crippen LogP contribution < -0.4 is 14.8 Å². The molecule has 1 aromatic carbocycles. The Morgan fingerprint density at radius 1 is 1.12 bits per heavy atom. The first-order chi connectivity index (χ1) is 11.4. The lowest BCUT2D eigenvalue weighted by Gasteiger charge is -2.11. The first-order valence-corrected chi connectivity index (χ1v) is 9.34. The van der Waals surface area contributed by atoms with E-state index < -0.39 is 10.0 Å². The minimum atomic E-state index is -3.67. The highest BCUT2D eigenvalue weighted by Crippen LogP contribution is 2.19. The van der Waals surface area contributed by atoms with E-state index in [2.05, 4.69) is 28.9 Å². The maximum absolute atomic E-state index is 12.4. The fraction of sp³-hybridized carbons (Fsp3) is 0.353. The predicted octanol–water partition coefficient (Wildman–Crippen LogP) is 3.35. The number of hydrogen-bond donors (Lipinski definition) is 2. The molecule has 7 heteroatoms. The molecule has 0 aliphatic heterocycles. The van der Waals surface area contributed by atoms with Gasteiger partial charge in [-0.25, -0.2) is 13.4 Å². The lowest BCUT2D eigenvalue weighted by atomic mass is 10.2. The summed E-state index contributed by atoms with van der Waals surface area (Å²) in [5.74, 6) is 1.43. The van der Waals surface area contributed by atoms with Crippen LogP contribution in [-0.4, -0.2) is 26.6 Å². The summed E-state index contributed by atoms with van der Waals surface area (Å²) < 4.78 is 32.5. The van der Waals surface area contributed by atoms with Crippen molar-refractivity contribution in [3.63, 3.8) is 0 Å². The molecule has 0 unspecified atom stereocenters. The molecule has 130 valence electrons. The second kappa shape index (κ2) is 8.01. The van der Waals surface area contributed by atoms with Crippen molar-refractivity contribution in [2.45, 2.75) is 25.7 Å². The van der Waals surface area contributed by atoms with Crippen molar-refractivity contribution in [2.24, 2.45) is 5.92 Å². The van der Waals surface area contributed by atoms with Gasteiger partial charge in [0.2, 0.25) is 0 Å². The van der Waals surface area contributed by atoms with Crippen LogP contribution in [0.25, 0.3) is 0 Å². The number of hydrogen-bond acceptors (Lipinski definition) is 5. The lowest BCUT2D eigenvalue weighted by molar-refractivity contribution is 0.340. The van der Waals surface area contributed by atoms with Gasteiger partial charge in [0.05, 0.1) is 23.4 Å².